The number of allylic oxidation sites excluding steroid dienone is 2. The Hall–Kier alpha value is -3.74. The number of benzene rings is 1. The van der Waals surface area contributed by atoms with Crippen molar-refractivity contribution in [1.29, 1.82) is 0 Å². The lowest BCUT2D eigenvalue weighted by Crippen LogP contribution is -2.60. The molecule has 2 amide bonds. The molecule has 0 radical (unpaired) electrons. The molecule has 6 rings (SSSR count). The highest BCUT2D eigenvalue weighted by atomic mass is 32.2. The average molecular weight is 787 g/mol. The number of carbonyl (C=O) groups is 3. The molecule has 2 aromatic rings. The van der Waals surface area contributed by atoms with Crippen molar-refractivity contribution in [2.45, 2.75) is 118 Å². The predicted octanol–water partition coefficient (Wildman–Crippen LogP) is 7.29. The van der Waals surface area contributed by atoms with Crippen molar-refractivity contribution in [3.05, 3.63) is 53.4 Å². The lowest BCUT2D eigenvalue weighted by atomic mass is 9.84. The topological polar surface area (TPSA) is 127 Å². The zero-order chi connectivity index (χ0) is 40.5. The number of methoxy groups -OCH3 is 1. The molecule has 1 aromatic carbocycles. The van der Waals surface area contributed by atoms with Crippen molar-refractivity contribution in [3.63, 3.8) is 0 Å². The van der Waals surface area contributed by atoms with Gasteiger partial charge in [0.1, 0.15) is 12.1 Å². The maximum absolute atomic E-state index is 14.2. The number of fused-ring (bicyclic) bond motifs is 5. The zero-order valence-electron chi connectivity index (χ0n) is 34.8. The quantitative estimate of drug-likeness (QED) is 0.147. The van der Waals surface area contributed by atoms with Gasteiger partial charge in [0.15, 0.2) is 0 Å². The molecule has 4 aliphatic rings. The van der Waals surface area contributed by atoms with E-state index in [1.807, 2.05) is 19.9 Å². The molecule has 1 saturated carbocycles. The minimum absolute atomic E-state index is 0.0998. The van der Waals surface area contributed by atoms with Gasteiger partial charge in [0.05, 0.1) is 35.2 Å². The fourth-order valence-electron chi connectivity index (χ4n) is 8.41. The molecule has 2 fully saturated rings. The Kier molecular flexibility index (Phi) is 13.0. The number of hydrogen-bond acceptors (Lipinski definition) is 9. The Morgan fingerprint density at radius 2 is 1.98 bits per heavy atom. The van der Waals surface area contributed by atoms with Crippen LogP contribution in [0.2, 0.25) is 0 Å². The molecular formula is C44H62N6O5S. The molecule has 2 unspecified atom stereocenters. The van der Waals surface area contributed by atoms with Gasteiger partial charge in [-0.1, -0.05) is 60.3 Å². The summed E-state index contributed by atoms with van der Waals surface area (Å²) in [5.74, 6) is 0.905. The third-order valence-electron chi connectivity index (χ3n) is 12.1. The minimum atomic E-state index is -0.808. The number of ether oxygens (including phenoxy) is 2. The number of nitrogens with zero attached hydrogens (tertiary/aromatic N) is 4. The fraction of sp³-hybridized carbons (Fsp3) is 0.614. The van der Waals surface area contributed by atoms with E-state index in [-0.39, 0.29) is 54.7 Å². The van der Waals surface area contributed by atoms with Crippen molar-refractivity contribution < 1.29 is 23.9 Å². The fourth-order valence-corrected chi connectivity index (χ4v) is 9.51. The van der Waals surface area contributed by atoms with E-state index in [2.05, 4.69) is 81.6 Å². The lowest BCUT2D eigenvalue weighted by molar-refractivity contribution is -0.155. The van der Waals surface area contributed by atoms with E-state index in [0.29, 0.717) is 31.7 Å². The maximum Gasteiger partial charge on any atom is 0.324 e. The number of thioether (sulfide) groups is 1. The second kappa shape index (κ2) is 17.4. The summed E-state index contributed by atoms with van der Waals surface area (Å²) in [5, 5.41) is 6.57. The Balaban J connectivity index is 1.51. The molecule has 4 heterocycles. The van der Waals surface area contributed by atoms with Crippen LogP contribution in [-0.2, 0) is 36.8 Å². The van der Waals surface area contributed by atoms with E-state index in [4.69, 9.17) is 19.5 Å². The normalized spacial score (nSPS) is 27.8. The van der Waals surface area contributed by atoms with Gasteiger partial charge in [-0.25, -0.2) is 5.43 Å². The highest BCUT2D eigenvalue weighted by molar-refractivity contribution is 8.14. The maximum atomic E-state index is 14.2. The van der Waals surface area contributed by atoms with Crippen LogP contribution < -0.4 is 10.7 Å². The summed E-state index contributed by atoms with van der Waals surface area (Å²) in [4.78, 5) is 51.4. The van der Waals surface area contributed by atoms with Crippen LogP contribution in [0.1, 0.15) is 104 Å². The number of aryl methyl sites for hydroxylation is 1. The summed E-state index contributed by atoms with van der Waals surface area (Å²) in [6, 6.07) is 5.09. The van der Waals surface area contributed by atoms with Gasteiger partial charge in [0.25, 0.3) is 5.91 Å². The van der Waals surface area contributed by atoms with Gasteiger partial charge in [-0.05, 0) is 80.5 Å². The van der Waals surface area contributed by atoms with Crippen LogP contribution >= 0.6 is 11.8 Å². The molecule has 1 aromatic heterocycles. The number of hydrogen-bond donors (Lipinski definition) is 2. The highest BCUT2D eigenvalue weighted by Crippen LogP contribution is 2.46. The largest absolute Gasteiger partial charge is 0.464 e. The van der Waals surface area contributed by atoms with Crippen molar-refractivity contribution in [1.82, 2.24) is 20.3 Å². The minimum Gasteiger partial charge on any atom is -0.464 e. The first-order chi connectivity index (χ1) is 26.7. The van der Waals surface area contributed by atoms with E-state index < -0.39 is 23.5 Å². The van der Waals surface area contributed by atoms with E-state index >= 15 is 0 Å². The second-order valence-corrected chi connectivity index (χ2v) is 18.4. The van der Waals surface area contributed by atoms with Crippen LogP contribution in [0.25, 0.3) is 16.5 Å². The van der Waals surface area contributed by atoms with E-state index in [9.17, 15) is 14.4 Å². The number of rotatable bonds is 10. The molecule has 1 saturated heterocycles. The van der Waals surface area contributed by atoms with Crippen LogP contribution in [0.5, 0.6) is 0 Å². The molecule has 7 atom stereocenters. The highest BCUT2D eigenvalue weighted by Gasteiger charge is 2.49. The number of hydrazine groups is 1. The monoisotopic (exact) mass is 786 g/mol. The van der Waals surface area contributed by atoms with Crippen molar-refractivity contribution >= 4 is 57.3 Å². The summed E-state index contributed by atoms with van der Waals surface area (Å²) in [7, 11) is 1.70. The number of esters is 1. The lowest BCUT2D eigenvalue weighted by Gasteiger charge is -2.35. The summed E-state index contributed by atoms with van der Waals surface area (Å²) in [5.41, 5.74) is 8.83. The second-order valence-electron chi connectivity index (χ2n) is 17.3. The molecule has 3 aliphatic heterocycles. The van der Waals surface area contributed by atoms with Gasteiger partial charge in [0.2, 0.25) is 5.91 Å². The standard InChI is InChI=1S/C44H62N6O5S/c1-11-30(39(45-12-2)28(7)54-10)40-32-22-44(8,9)24-55-43(53)33-14-13-18-50(48-33)42(52)34(47-41(51)38-26(5)27(38)6)21-37-46-35(23-56-37)29-15-16-36(31(32)20-29)49(40)19-17-25(3)4/h11-12,15-16,20,25-28,33-35,38,48H,1,13-14,17-19,21-24H2,2-10H3,(H,47,51)/b39-30+,45-12?/t26-,27+,28-,33-,34-,35?,38?/m0/s1. The molecule has 56 heavy (non-hydrogen) atoms. The Morgan fingerprint density at radius 3 is 2.64 bits per heavy atom. The predicted molar refractivity (Wildman–Crippen MR) is 226 cm³/mol. The van der Waals surface area contributed by atoms with E-state index in [1.54, 1.807) is 25.1 Å². The molecule has 12 heteroatoms. The van der Waals surface area contributed by atoms with Crippen molar-refractivity contribution in [2.24, 2.45) is 39.1 Å². The van der Waals surface area contributed by atoms with Gasteiger partial charge >= 0.3 is 5.97 Å². The number of aliphatic imine (C=N–C) groups is 2. The first kappa shape index (κ1) is 41.9. The molecule has 6 bridgehead atoms. The number of amides is 2. The summed E-state index contributed by atoms with van der Waals surface area (Å²) >= 11 is 1.65. The first-order valence-electron chi connectivity index (χ1n) is 20.4. The third kappa shape index (κ3) is 8.87. The summed E-state index contributed by atoms with van der Waals surface area (Å²) in [6.07, 6.45) is 6.48. The van der Waals surface area contributed by atoms with Crippen molar-refractivity contribution in [3.8, 4) is 0 Å². The van der Waals surface area contributed by atoms with Gasteiger partial charge in [0, 0.05) is 66.4 Å². The number of carbonyl (C=O) groups excluding carboxylic acids is 3. The van der Waals surface area contributed by atoms with E-state index in [1.165, 1.54) is 5.01 Å². The average Bonchev–Trinajstić information content (AvgIpc) is 3.45. The summed E-state index contributed by atoms with van der Waals surface area (Å²) in [6.45, 7) is 22.5. The van der Waals surface area contributed by atoms with Gasteiger partial charge in [-0.2, -0.15) is 0 Å². The molecule has 304 valence electrons. The Morgan fingerprint density at radius 1 is 1.23 bits per heavy atom. The number of nitrogens with one attached hydrogen (secondary N) is 2. The molecule has 2 N–H and O–H groups in total. The Labute approximate surface area is 337 Å². The van der Waals surface area contributed by atoms with Crippen molar-refractivity contribution in [2.75, 3.05) is 26.0 Å². The molecule has 11 nitrogen and oxygen atoms in total. The van der Waals surface area contributed by atoms with Crippen LogP contribution in [0, 0.1) is 29.1 Å². The number of aromatic nitrogens is 1. The van der Waals surface area contributed by atoms with Gasteiger partial charge in [-0.15, -0.1) is 11.8 Å². The smallest absolute Gasteiger partial charge is 0.324 e. The van der Waals surface area contributed by atoms with Crippen LogP contribution in [0.4, 0.5) is 0 Å². The first-order valence-corrected chi connectivity index (χ1v) is 21.4. The number of cyclic esters (lactones) is 1. The van der Waals surface area contributed by atoms with Crippen LogP contribution in [0.15, 0.2) is 46.5 Å². The Bertz CT molecular complexity index is 1920. The zero-order valence-corrected chi connectivity index (χ0v) is 35.6. The molecule has 0 spiro atoms. The summed E-state index contributed by atoms with van der Waals surface area (Å²) < 4.78 is 14.4. The van der Waals surface area contributed by atoms with Crippen LogP contribution in [-0.4, -0.2) is 82.8 Å². The van der Waals surface area contributed by atoms with Crippen LogP contribution in [0.3, 0.4) is 0 Å². The SMILES string of the molecule is C=C/C(=C(\N=CC)[C@H](C)OC)c1c2c3cc(ccc3n1CCC(C)C)C1CSC(=N1)C[C@H](NC(=O)C1[C@@H](C)[C@H]1C)C(=O)N1CCC[C@H](N1)C(=O)OCC(C)(C)C2. The molecule has 1 aliphatic carbocycles. The van der Waals surface area contributed by atoms with Gasteiger partial charge < -0.3 is 19.4 Å². The van der Waals surface area contributed by atoms with E-state index in [0.717, 1.165) is 62.8 Å². The van der Waals surface area contributed by atoms with Gasteiger partial charge in [-0.3, -0.25) is 29.4 Å². The molecular weight excluding hydrogens is 725 g/mol. The third-order valence-corrected chi connectivity index (χ3v) is 13.2.